The summed E-state index contributed by atoms with van der Waals surface area (Å²) in [7, 11) is 0. The number of hydrogen-bond donors (Lipinski definition) is 2. The van der Waals surface area contributed by atoms with Gasteiger partial charge < -0.3 is 10.6 Å². The normalized spacial score (nSPS) is 18.4. The number of hydrogen-bond acceptors (Lipinski definition) is 6. The van der Waals surface area contributed by atoms with Crippen LogP contribution in [0, 0.1) is 19.8 Å². The van der Waals surface area contributed by atoms with E-state index in [0.717, 1.165) is 52.6 Å². The molecule has 1 saturated carbocycles. The van der Waals surface area contributed by atoms with Gasteiger partial charge in [-0.2, -0.15) is 0 Å². The first-order valence-electron chi connectivity index (χ1n) is 12.5. The zero-order chi connectivity index (χ0) is 25.7. The van der Waals surface area contributed by atoms with Crippen LogP contribution in [0.2, 0.25) is 0 Å². The molecule has 1 fully saturated rings. The molecule has 0 unspecified atom stereocenters. The van der Waals surface area contributed by atoms with Crippen molar-refractivity contribution in [2.45, 2.75) is 69.8 Å². The lowest BCUT2D eigenvalue weighted by Gasteiger charge is -2.31. The van der Waals surface area contributed by atoms with Crippen molar-refractivity contribution < 1.29 is 9.59 Å². The molecule has 0 spiro atoms. The van der Waals surface area contributed by atoms with Crippen molar-refractivity contribution in [2.75, 3.05) is 11.9 Å². The Morgan fingerprint density at radius 3 is 2.56 bits per heavy atom. The number of carbonyl (C=O) groups is 2. The van der Waals surface area contributed by atoms with Crippen LogP contribution >= 0.6 is 11.8 Å². The van der Waals surface area contributed by atoms with Gasteiger partial charge in [0.1, 0.15) is 0 Å². The molecule has 1 aliphatic carbocycles. The predicted octanol–water partition coefficient (Wildman–Crippen LogP) is 4.94. The Morgan fingerprint density at radius 1 is 1.11 bits per heavy atom. The second-order valence-electron chi connectivity index (χ2n) is 9.54. The van der Waals surface area contributed by atoms with Crippen molar-refractivity contribution in [1.29, 1.82) is 0 Å². The third-order valence-electron chi connectivity index (χ3n) is 6.80. The largest absolute Gasteiger partial charge is 0.346 e. The number of anilines is 1. The van der Waals surface area contributed by atoms with E-state index in [-0.39, 0.29) is 24.4 Å². The third-order valence-corrected chi connectivity index (χ3v) is 7.86. The van der Waals surface area contributed by atoms with Gasteiger partial charge in [0, 0.05) is 29.7 Å². The van der Waals surface area contributed by atoms with Crippen LogP contribution in [0.25, 0.3) is 11.4 Å². The van der Waals surface area contributed by atoms with Gasteiger partial charge in [-0.05, 0) is 62.8 Å². The number of nitrogens with one attached hydrogen (secondary N) is 2. The summed E-state index contributed by atoms with van der Waals surface area (Å²) in [5.74, 6) is 0.800. The number of amides is 2. The fraction of sp³-hybridized carbons (Fsp3) is 0.444. The van der Waals surface area contributed by atoms with Crippen molar-refractivity contribution in [3.05, 3.63) is 53.9 Å². The number of benzene rings is 1. The summed E-state index contributed by atoms with van der Waals surface area (Å²) < 4.78 is 2.20. The van der Waals surface area contributed by atoms with E-state index in [1.807, 2.05) is 51.1 Å². The molecule has 2 aromatic heterocycles. The Kier molecular flexibility index (Phi) is 8.40. The zero-order valence-corrected chi connectivity index (χ0v) is 22.1. The van der Waals surface area contributed by atoms with Crippen molar-refractivity contribution in [1.82, 2.24) is 25.1 Å². The van der Waals surface area contributed by atoms with Crippen LogP contribution in [0.1, 0.15) is 56.7 Å². The van der Waals surface area contributed by atoms with Crippen LogP contribution < -0.4 is 10.6 Å². The highest BCUT2D eigenvalue weighted by atomic mass is 32.2. The second kappa shape index (κ2) is 11.7. The first kappa shape index (κ1) is 25.9. The summed E-state index contributed by atoms with van der Waals surface area (Å²) in [6.45, 7) is 7.91. The maximum Gasteiger partial charge on any atom is 0.243 e. The molecule has 2 amide bonds. The highest BCUT2D eigenvalue weighted by Crippen LogP contribution is 2.39. The second-order valence-corrected chi connectivity index (χ2v) is 10.8. The van der Waals surface area contributed by atoms with E-state index in [1.54, 1.807) is 12.4 Å². The van der Waals surface area contributed by atoms with Crippen molar-refractivity contribution in [3.8, 4) is 11.4 Å². The minimum absolute atomic E-state index is 0.0925. The van der Waals surface area contributed by atoms with Crippen molar-refractivity contribution >= 4 is 29.3 Å². The molecular formula is C27H34N6O2S. The van der Waals surface area contributed by atoms with Crippen LogP contribution in [0.15, 0.2) is 47.9 Å². The molecule has 1 aromatic carbocycles. The number of para-hydroxylation sites is 1. The van der Waals surface area contributed by atoms with E-state index in [0.29, 0.717) is 5.92 Å². The molecular weight excluding hydrogens is 472 g/mol. The lowest BCUT2D eigenvalue weighted by Crippen LogP contribution is -2.37. The smallest absolute Gasteiger partial charge is 0.243 e. The lowest BCUT2D eigenvalue weighted by molar-refractivity contribution is -0.123. The average Bonchev–Trinajstić information content (AvgIpc) is 3.28. The van der Waals surface area contributed by atoms with Gasteiger partial charge in [-0.15, -0.1) is 10.2 Å². The van der Waals surface area contributed by atoms with E-state index < -0.39 is 5.25 Å². The molecule has 9 heteroatoms. The molecule has 3 aromatic rings. The molecule has 2 N–H and O–H groups in total. The Labute approximate surface area is 216 Å². The van der Waals surface area contributed by atoms with Gasteiger partial charge in [0.05, 0.1) is 11.8 Å². The highest BCUT2D eigenvalue weighted by molar-refractivity contribution is 8.00. The van der Waals surface area contributed by atoms with Gasteiger partial charge >= 0.3 is 0 Å². The van der Waals surface area contributed by atoms with E-state index >= 15 is 0 Å². The van der Waals surface area contributed by atoms with Gasteiger partial charge in [-0.1, -0.05) is 49.7 Å². The van der Waals surface area contributed by atoms with Crippen LogP contribution in [-0.4, -0.2) is 43.4 Å². The summed E-state index contributed by atoms with van der Waals surface area (Å²) in [5, 5.41) is 14.9. The maximum absolute atomic E-state index is 12.9. The first-order valence-corrected chi connectivity index (χ1v) is 13.4. The van der Waals surface area contributed by atoms with Gasteiger partial charge in [-0.25, -0.2) is 0 Å². The number of aryl methyl sites for hydroxylation is 2. The summed E-state index contributed by atoms with van der Waals surface area (Å²) in [4.78, 5) is 29.6. The highest BCUT2D eigenvalue weighted by Gasteiger charge is 2.30. The molecule has 3 atom stereocenters. The van der Waals surface area contributed by atoms with Crippen LogP contribution in [0.3, 0.4) is 0 Å². The minimum atomic E-state index is -0.443. The Balaban J connectivity index is 1.45. The van der Waals surface area contributed by atoms with E-state index in [4.69, 9.17) is 0 Å². The Morgan fingerprint density at radius 2 is 1.86 bits per heavy atom. The Bertz CT molecular complexity index is 1190. The molecule has 190 valence electrons. The number of pyridine rings is 1. The SMILES string of the molecule is Cc1cccc(C)c1NC(=O)CNC(=O)[C@@H](C)Sc1nnc(-c2cccnc2)n1[C@H]1CCCC[C@@H]1C. The molecule has 4 rings (SSSR count). The van der Waals surface area contributed by atoms with Gasteiger partial charge in [0.2, 0.25) is 11.8 Å². The number of rotatable bonds is 8. The molecule has 8 nitrogen and oxygen atoms in total. The topological polar surface area (TPSA) is 102 Å². The average molecular weight is 507 g/mol. The van der Waals surface area contributed by atoms with Crippen LogP contribution in [0.5, 0.6) is 0 Å². The van der Waals surface area contributed by atoms with Crippen LogP contribution in [0.4, 0.5) is 5.69 Å². The standard InChI is InChI=1S/C27H34N6O2S/c1-17-9-5-6-13-22(17)33-25(21-12-8-14-28-15-21)31-32-27(33)36-20(4)26(35)29-16-23(34)30-24-18(2)10-7-11-19(24)3/h7-8,10-12,14-15,17,20,22H,5-6,9,13,16H2,1-4H3,(H,29,35)(H,30,34)/t17-,20+,22-/m0/s1. The zero-order valence-electron chi connectivity index (χ0n) is 21.3. The molecule has 0 aliphatic heterocycles. The fourth-order valence-corrected chi connectivity index (χ4v) is 5.68. The number of carbonyl (C=O) groups excluding carboxylic acids is 2. The van der Waals surface area contributed by atoms with E-state index in [1.165, 1.54) is 18.2 Å². The van der Waals surface area contributed by atoms with Gasteiger partial charge in [0.15, 0.2) is 11.0 Å². The van der Waals surface area contributed by atoms with Gasteiger partial charge in [-0.3, -0.25) is 19.1 Å². The molecule has 0 saturated heterocycles. The summed E-state index contributed by atoms with van der Waals surface area (Å²) in [6.07, 6.45) is 8.15. The minimum Gasteiger partial charge on any atom is -0.346 e. The molecule has 1 aliphatic rings. The van der Waals surface area contributed by atoms with Crippen LogP contribution in [-0.2, 0) is 9.59 Å². The number of thioether (sulfide) groups is 1. The van der Waals surface area contributed by atoms with E-state index in [2.05, 4.69) is 37.3 Å². The first-order chi connectivity index (χ1) is 17.3. The molecule has 36 heavy (non-hydrogen) atoms. The third kappa shape index (κ3) is 5.95. The monoisotopic (exact) mass is 506 g/mol. The Hall–Kier alpha value is -3.20. The molecule has 2 heterocycles. The predicted molar refractivity (Wildman–Crippen MR) is 143 cm³/mol. The summed E-state index contributed by atoms with van der Waals surface area (Å²) >= 11 is 1.38. The molecule has 0 bridgehead atoms. The fourth-order valence-electron chi connectivity index (χ4n) is 4.75. The number of aromatic nitrogens is 4. The van der Waals surface area contributed by atoms with Crippen molar-refractivity contribution in [2.24, 2.45) is 5.92 Å². The van der Waals surface area contributed by atoms with Crippen molar-refractivity contribution in [3.63, 3.8) is 0 Å². The molecule has 0 radical (unpaired) electrons. The maximum atomic E-state index is 12.9. The number of nitrogens with zero attached hydrogens (tertiary/aromatic N) is 4. The lowest BCUT2D eigenvalue weighted by atomic mass is 9.85. The quantitative estimate of drug-likeness (QED) is 0.420. The summed E-state index contributed by atoms with van der Waals surface area (Å²) in [6, 6.07) is 10.00. The van der Waals surface area contributed by atoms with Gasteiger partial charge in [0.25, 0.3) is 0 Å². The summed E-state index contributed by atoms with van der Waals surface area (Å²) in [5.41, 5.74) is 3.67. The van der Waals surface area contributed by atoms with E-state index in [9.17, 15) is 9.59 Å².